The lowest BCUT2D eigenvalue weighted by Crippen LogP contribution is -2.43. The lowest BCUT2D eigenvalue weighted by molar-refractivity contribution is -0.157. The maximum Gasteiger partial charge on any atom is 0.311 e. The highest BCUT2D eigenvalue weighted by Crippen LogP contribution is 2.34. The predicted octanol–water partition coefficient (Wildman–Crippen LogP) is 2.59. The average molecular weight is 285 g/mol. The van der Waals surface area contributed by atoms with Crippen LogP contribution in [0.4, 0.5) is 0 Å². The minimum Gasteiger partial charge on any atom is -0.469 e. The molecule has 0 aliphatic carbocycles. The Bertz CT molecular complexity index is 295. The number of carbonyl (C=O) groups excluding carboxylic acids is 1. The summed E-state index contributed by atoms with van der Waals surface area (Å²) in [6.07, 6.45) is 6.19. The highest BCUT2D eigenvalue weighted by Gasteiger charge is 2.42. The Kier molecular flexibility index (Phi) is 7.52. The Hall–Kier alpha value is -0.610. The van der Waals surface area contributed by atoms with Crippen LogP contribution in [-0.4, -0.2) is 48.3 Å². The van der Waals surface area contributed by atoms with Crippen molar-refractivity contribution in [2.75, 3.05) is 26.7 Å². The van der Waals surface area contributed by atoms with E-state index in [0.29, 0.717) is 12.8 Å². The summed E-state index contributed by atoms with van der Waals surface area (Å²) in [7, 11) is 1.42. The number of rotatable bonds is 7. The largest absolute Gasteiger partial charge is 0.469 e. The number of aliphatic hydroxyl groups is 1. The maximum atomic E-state index is 12.0. The number of likely N-dealkylation sites (tertiary alicyclic amines) is 1. The quantitative estimate of drug-likeness (QED) is 0.731. The summed E-state index contributed by atoms with van der Waals surface area (Å²) in [4.78, 5) is 14.4. The van der Waals surface area contributed by atoms with Gasteiger partial charge in [0.15, 0.2) is 0 Å². The molecule has 0 bridgehead atoms. The van der Waals surface area contributed by atoms with Crippen LogP contribution in [-0.2, 0) is 9.53 Å². The van der Waals surface area contributed by atoms with E-state index < -0.39 is 5.60 Å². The number of ether oxygens (including phenoxy) is 1. The van der Waals surface area contributed by atoms with Crippen LogP contribution >= 0.6 is 0 Å². The van der Waals surface area contributed by atoms with Gasteiger partial charge < -0.3 is 14.7 Å². The smallest absolute Gasteiger partial charge is 0.311 e. The lowest BCUT2D eigenvalue weighted by Gasteiger charge is -2.34. The van der Waals surface area contributed by atoms with E-state index in [1.807, 2.05) is 0 Å². The zero-order valence-electron chi connectivity index (χ0n) is 13.4. The van der Waals surface area contributed by atoms with E-state index >= 15 is 0 Å². The van der Waals surface area contributed by atoms with Gasteiger partial charge in [-0.2, -0.15) is 0 Å². The van der Waals surface area contributed by atoms with Gasteiger partial charge in [-0.25, -0.2) is 0 Å². The van der Waals surface area contributed by atoms with Crippen molar-refractivity contribution < 1.29 is 14.6 Å². The Morgan fingerprint density at radius 3 is 2.65 bits per heavy atom. The van der Waals surface area contributed by atoms with E-state index in [9.17, 15) is 9.90 Å². The Morgan fingerprint density at radius 1 is 1.30 bits per heavy atom. The summed E-state index contributed by atoms with van der Waals surface area (Å²) < 4.78 is 4.93. The monoisotopic (exact) mass is 285 g/mol. The predicted molar refractivity (Wildman–Crippen MR) is 80.6 cm³/mol. The molecule has 1 rings (SSSR count). The molecule has 0 saturated carbocycles. The Labute approximate surface area is 123 Å². The third-order valence-corrected chi connectivity index (χ3v) is 4.47. The van der Waals surface area contributed by atoms with Crippen molar-refractivity contribution in [2.24, 2.45) is 5.92 Å². The molecule has 0 amide bonds. The van der Waals surface area contributed by atoms with Crippen LogP contribution in [0.1, 0.15) is 58.8 Å². The van der Waals surface area contributed by atoms with Crippen LogP contribution in [0.2, 0.25) is 0 Å². The van der Waals surface area contributed by atoms with Gasteiger partial charge in [0.1, 0.15) is 0 Å². The second-order valence-electron chi connectivity index (χ2n) is 6.02. The van der Waals surface area contributed by atoms with Gasteiger partial charge in [0, 0.05) is 6.54 Å². The molecule has 1 heterocycles. The number of hydrogen-bond donors (Lipinski definition) is 1. The SMILES string of the molecule is CCCCC(C(=O)OC)C1(O)CCCN(CCC)CC1. The number of nitrogens with zero attached hydrogens (tertiary/aromatic N) is 1. The number of carbonyl (C=O) groups is 1. The second-order valence-corrected chi connectivity index (χ2v) is 6.02. The van der Waals surface area contributed by atoms with Crippen LogP contribution in [0.3, 0.4) is 0 Å². The third kappa shape index (κ3) is 4.74. The first-order valence-electron chi connectivity index (χ1n) is 8.10. The standard InChI is InChI=1S/C16H31NO3/c1-4-6-8-14(15(18)20-3)16(19)9-7-12-17(11-5-2)13-10-16/h14,19H,4-13H2,1-3H3. The molecule has 1 aliphatic heterocycles. The van der Waals surface area contributed by atoms with E-state index in [4.69, 9.17) is 4.74 Å². The minimum atomic E-state index is -0.884. The molecule has 0 aromatic carbocycles. The first-order valence-corrected chi connectivity index (χ1v) is 8.10. The van der Waals surface area contributed by atoms with Gasteiger partial charge >= 0.3 is 5.97 Å². The molecule has 0 aromatic heterocycles. The van der Waals surface area contributed by atoms with Crippen molar-refractivity contribution in [1.29, 1.82) is 0 Å². The topological polar surface area (TPSA) is 49.8 Å². The second kappa shape index (κ2) is 8.63. The average Bonchev–Trinajstić information content (AvgIpc) is 2.62. The number of hydrogen-bond acceptors (Lipinski definition) is 4. The summed E-state index contributed by atoms with van der Waals surface area (Å²) in [5.74, 6) is -0.612. The van der Waals surface area contributed by atoms with Gasteiger partial charge in [0.05, 0.1) is 18.6 Å². The molecule has 2 atom stereocenters. The Morgan fingerprint density at radius 2 is 2.05 bits per heavy atom. The first kappa shape index (κ1) is 17.4. The number of esters is 1. The van der Waals surface area contributed by atoms with Gasteiger partial charge in [-0.1, -0.05) is 26.7 Å². The highest BCUT2D eigenvalue weighted by atomic mass is 16.5. The van der Waals surface area contributed by atoms with E-state index in [1.54, 1.807) is 0 Å². The lowest BCUT2D eigenvalue weighted by atomic mass is 9.78. The van der Waals surface area contributed by atoms with Crippen molar-refractivity contribution >= 4 is 5.97 Å². The highest BCUT2D eigenvalue weighted by molar-refractivity contribution is 5.73. The molecule has 1 N–H and O–H groups in total. The first-order chi connectivity index (χ1) is 9.57. The molecule has 4 nitrogen and oxygen atoms in total. The molecule has 0 spiro atoms. The molecule has 1 fully saturated rings. The van der Waals surface area contributed by atoms with Gasteiger partial charge in [-0.15, -0.1) is 0 Å². The van der Waals surface area contributed by atoms with E-state index in [2.05, 4.69) is 18.7 Å². The summed E-state index contributed by atoms with van der Waals surface area (Å²) in [5.41, 5.74) is -0.884. The van der Waals surface area contributed by atoms with Crippen molar-refractivity contribution in [1.82, 2.24) is 4.90 Å². The van der Waals surface area contributed by atoms with Gasteiger partial charge in [-0.3, -0.25) is 4.79 Å². The van der Waals surface area contributed by atoms with Crippen LogP contribution < -0.4 is 0 Å². The molecule has 0 aromatic rings. The van der Waals surface area contributed by atoms with Crippen LogP contribution in [0.25, 0.3) is 0 Å². The molecule has 20 heavy (non-hydrogen) atoms. The molecule has 118 valence electrons. The normalized spacial score (nSPS) is 26.0. The number of methoxy groups -OCH3 is 1. The van der Waals surface area contributed by atoms with Crippen LogP contribution in [0.15, 0.2) is 0 Å². The van der Waals surface area contributed by atoms with Crippen molar-refractivity contribution in [3.05, 3.63) is 0 Å². The summed E-state index contributed by atoms with van der Waals surface area (Å²) >= 11 is 0. The minimum absolute atomic E-state index is 0.245. The molecular formula is C16H31NO3. The fraction of sp³-hybridized carbons (Fsp3) is 0.938. The van der Waals surface area contributed by atoms with Crippen molar-refractivity contribution in [3.63, 3.8) is 0 Å². The van der Waals surface area contributed by atoms with E-state index in [1.165, 1.54) is 7.11 Å². The maximum absolute atomic E-state index is 12.0. The summed E-state index contributed by atoms with van der Waals surface area (Å²) in [6.45, 7) is 7.26. The molecule has 2 unspecified atom stereocenters. The third-order valence-electron chi connectivity index (χ3n) is 4.47. The molecule has 1 aliphatic rings. The molecule has 1 saturated heterocycles. The van der Waals surface area contributed by atoms with Crippen molar-refractivity contribution in [2.45, 2.75) is 64.4 Å². The van der Waals surface area contributed by atoms with Gasteiger partial charge in [-0.05, 0) is 45.2 Å². The van der Waals surface area contributed by atoms with E-state index in [-0.39, 0.29) is 11.9 Å². The van der Waals surface area contributed by atoms with E-state index in [0.717, 1.165) is 51.7 Å². The van der Waals surface area contributed by atoms with Gasteiger partial charge in [0.2, 0.25) is 0 Å². The van der Waals surface area contributed by atoms with Gasteiger partial charge in [0.25, 0.3) is 0 Å². The zero-order chi connectivity index (χ0) is 15.0. The van der Waals surface area contributed by atoms with Crippen LogP contribution in [0, 0.1) is 5.92 Å². The molecule has 4 heteroatoms. The number of unbranched alkanes of at least 4 members (excludes halogenated alkanes) is 1. The molecular weight excluding hydrogens is 254 g/mol. The zero-order valence-corrected chi connectivity index (χ0v) is 13.4. The summed E-state index contributed by atoms with van der Waals surface area (Å²) in [5, 5.41) is 11.0. The molecule has 0 radical (unpaired) electrons. The fourth-order valence-corrected chi connectivity index (χ4v) is 3.24. The fourth-order valence-electron chi connectivity index (χ4n) is 3.24. The summed E-state index contributed by atoms with van der Waals surface area (Å²) in [6, 6.07) is 0. The van der Waals surface area contributed by atoms with Crippen molar-refractivity contribution in [3.8, 4) is 0 Å². The van der Waals surface area contributed by atoms with Crippen LogP contribution in [0.5, 0.6) is 0 Å². The Balaban J connectivity index is 2.73.